The van der Waals surface area contributed by atoms with Crippen LogP contribution in [-0.2, 0) is 0 Å². The zero-order valence-electron chi connectivity index (χ0n) is 26.5. The molecule has 0 aliphatic carbocycles. The van der Waals surface area contributed by atoms with Crippen molar-refractivity contribution >= 4 is 125 Å². The fourth-order valence-electron chi connectivity index (χ4n) is 8.30. The van der Waals surface area contributed by atoms with Crippen molar-refractivity contribution in [2.45, 2.75) is 0 Å². The van der Waals surface area contributed by atoms with Gasteiger partial charge in [-0.25, -0.2) is 0 Å². The zero-order chi connectivity index (χ0) is 32.5. The Morgan fingerprint density at radius 1 is 0.224 bits per heavy atom. The molecular formula is C46H29N3. The molecule has 0 aliphatic rings. The van der Waals surface area contributed by atoms with Crippen LogP contribution in [0.2, 0.25) is 0 Å². The maximum atomic E-state index is 6.96. The Labute approximate surface area is 280 Å². The first-order valence-electron chi connectivity index (χ1n) is 16.7. The standard InChI is InChI=1S/C46H29N3/c47-44-7-3-6-26-19-40-38(23-39(26)44)18-37-16-31-11-28-10-30-15-36-17-35-14-27-8-24-4-1-2-5-25(24)9-32(27)20-41(35)46(49)42(36)21-33(30)12-29(28)13-34(31)22-43(37)45(40)48/h1-23H,47-49H2. The van der Waals surface area contributed by atoms with E-state index < -0.39 is 0 Å². The Balaban J connectivity index is 1.12. The first kappa shape index (κ1) is 26.5. The summed E-state index contributed by atoms with van der Waals surface area (Å²) in [5.74, 6) is 0. The number of benzene rings is 11. The van der Waals surface area contributed by atoms with Crippen LogP contribution in [0.3, 0.4) is 0 Å². The van der Waals surface area contributed by atoms with Gasteiger partial charge in [-0.05, 0) is 184 Å². The van der Waals surface area contributed by atoms with Gasteiger partial charge in [-0.2, -0.15) is 0 Å². The predicted octanol–water partition coefficient (Wildman–Crippen LogP) is 12.0. The molecule has 228 valence electrons. The average molecular weight is 624 g/mol. The number of hydrogen-bond donors (Lipinski definition) is 3. The summed E-state index contributed by atoms with van der Waals surface area (Å²) in [5, 5.41) is 23.0. The molecule has 49 heavy (non-hydrogen) atoms. The van der Waals surface area contributed by atoms with Gasteiger partial charge in [0.2, 0.25) is 0 Å². The first-order chi connectivity index (χ1) is 23.9. The lowest BCUT2D eigenvalue weighted by Gasteiger charge is -2.13. The maximum absolute atomic E-state index is 6.96. The number of hydrogen-bond acceptors (Lipinski definition) is 3. The van der Waals surface area contributed by atoms with Crippen LogP contribution < -0.4 is 17.2 Å². The smallest absolute Gasteiger partial charge is 0.0473 e. The lowest BCUT2D eigenvalue weighted by atomic mass is 9.92. The third-order valence-corrected chi connectivity index (χ3v) is 10.8. The van der Waals surface area contributed by atoms with Crippen molar-refractivity contribution in [3.05, 3.63) is 140 Å². The normalized spacial score (nSPS) is 12.3. The number of nitrogens with two attached hydrogens (primary N) is 3. The number of anilines is 3. The van der Waals surface area contributed by atoms with Crippen LogP contribution in [-0.4, -0.2) is 0 Å². The van der Waals surface area contributed by atoms with E-state index in [2.05, 4.69) is 127 Å². The molecule has 11 aromatic rings. The minimum absolute atomic E-state index is 0.779. The van der Waals surface area contributed by atoms with Gasteiger partial charge in [-0.1, -0.05) is 36.4 Å². The Bertz CT molecular complexity index is 3300. The monoisotopic (exact) mass is 623 g/mol. The molecule has 11 aromatic carbocycles. The number of rotatable bonds is 0. The Hall–Kier alpha value is -6.58. The molecule has 0 unspecified atom stereocenters. The summed E-state index contributed by atoms with van der Waals surface area (Å²) in [4.78, 5) is 0. The molecule has 6 N–H and O–H groups in total. The topological polar surface area (TPSA) is 78.1 Å². The van der Waals surface area contributed by atoms with Crippen LogP contribution in [0.25, 0.3) is 108 Å². The molecule has 0 amide bonds. The van der Waals surface area contributed by atoms with Crippen molar-refractivity contribution in [2.75, 3.05) is 17.2 Å². The molecule has 0 saturated heterocycles. The van der Waals surface area contributed by atoms with E-state index in [-0.39, 0.29) is 0 Å². The van der Waals surface area contributed by atoms with Crippen molar-refractivity contribution in [1.82, 2.24) is 0 Å². The molecule has 0 saturated carbocycles. The highest BCUT2D eigenvalue weighted by Gasteiger charge is 2.13. The third kappa shape index (κ3) is 3.78. The zero-order valence-corrected chi connectivity index (χ0v) is 26.5. The second-order valence-corrected chi connectivity index (χ2v) is 13.7. The van der Waals surface area contributed by atoms with Crippen molar-refractivity contribution in [3.63, 3.8) is 0 Å². The molecule has 0 aromatic heterocycles. The minimum Gasteiger partial charge on any atom is -0.398 e. The van der Waals surface area contributed by atoms with Crippen LogP contribution in [0, 0.1) is 0 Å². The molecule has 3 heteroatoms. The van der Waals surface area contributed by atoms with Crippen molar-refractivity contribution < 1.29 is 0 Å². The van der Waals surface area contributed by atoms with Gasteiger partial charge in [0.15, 0.2) is 0 Å². The van der Waals surface area contributed by atoms with Crippen LogP contribution in [0.4, 0.5) is 17.1 Å². The summed E-state index contributed by atoms with van der Waals surface area (Å²) in [5.41, 5.74) is 22.6. The lowest BCUT2D eigenvalue weighted by Crippen LogP contribution is -1.92. The lowest BCUT2D eigenvalue weighted by molar-refractivity contribution is 1.75. The van der Waals surface area contributed by atoms with E-state index in [0.717, 1.165) is 70.9 Å². The van der Waals surface area contributed by atoms with Crippen molar-refractivity contribution in [2.24, 2.45) is 0 Å². The van der Waals surface area contributed by atoms with Crippen molar-refractivity contribution in [3.8, 4) is 0 Å². The molecule has 0 radical (unpaired) electrons. The second-order valence-electron chi connectivity index (χ2n) is 13.7. The summed E-state index contributed by atoms with van der Waals surface area (Å²) in [6.45, 7) is 0. The summed E-state index contributed by atoms with van der Waals surface area (Å²) < 4.78 is 0. The summed E-state index contributed by atoms with van der Waals surface area (Å²) in [6, 6.07) is 50.7. The molecule has 3 nitrogen and oxygen atoms in total. The van der Waals surface area contributed by atoms with Gasteiger partial charge >= 0.3 is 0 Å². The van der Waals surface area contributed by atoms with E-state index >= 15 is 0 Å². The molecule has 0 atom stereocenters. The molecular weight excluding hydrogens is 595 g/mol. The predicted molar refractivity (Wildman–Crippen MR) is 215 cm³/mol. The quantitative estimate of drug-likeness (QED) is 0.116. The minimum atomic E-state index is 0.779. The highest BCUT2D eigenvalue weighted by molar-refractivity contribution is 6.20. The molecule has 0 spiro atoms. The van der Waals surface area contributed by atoms with Crippen LogP contribution in [0.5, 0.6) is 0 Å². The van der Waals surface area contributed by atoms with Gasteiger partial charge in [0.25, 0.3) is 0 Å². The van der Waals surface area contributed by atoms with E-state index in [1.54, 1.807) is 0 Å². The van der Waals surface area contributed by atoms with Gasteiger partial charge in [0.1, 0.15) is 0 Å². The Morgan fingerprint density at radius 3 is 0.959 bits per heavy atom. The highest BCUT2D eigenvalue weighted by atomic mass is 14.6. The summed E-state index contributed by atoms with van der Waals surface area (Å²) >= 11 is 0. The van der Waals surface area contributed by atoms with Gasteiger partial charge < -0.3 is 17.2 Å². The van der Waals surface area contributed by atoms with E-state index in [4.69, 9.17) is 17.2 Å². The first-order valence-corrected chi connectivity index (χ1v) is 16.7. The molecule has 0 fully saturated rings. The Morgan fingerprint density at radius 2 is 0.510 bits per heavy atom. The van der Waals surface area contributed by atoms with Crippen molar-refractivity contribution in [1.29, 1.82) is 0 Å². The third-order valence-electron chi connectivity index (χ3n) is 10.8. The van der Waals surface area contributed by atoms with E-state index in [1.165, 1.54) is 53.9 Å². The average Bonchev–Trinajstić information content (AvgIpc) is 3.10. The van der Waals surface area contributed by atoms with Gasteiger partial charge in [-0.3, -0.25) is 0 Å². The fraction of sp³-hybridized carbons (Fsp3) is 0. The molecule has 11 rings (SSSR count). The van der Waals surface area contributed by atoms with Crippen LogP contribution in [0.15, 0.2) is 140 Å². The fourth-order valence-corrected chi connectivity index (χ4v) is 8.30. The summed E-state index contributed by atoms with van der Waals surface area (Å²) in [6.07, 6.45) is 0. The summed E-state index contributed by atoms with van der Waals surface area (Å²) in [7, 11) is 0. The second kappa shape index (κ2) is 9.27. The molecule has 0 aliphatic heterocycles. The van der Waals surface area contributed by atoms with Gasteiger partial charge in [0.05, 0.1) is 0 Å². The van der Waals surface area contributed by atoms with E-state index in [0.29, 0.717) is 0 Å². The maximum Gasteiger partial charge on any atom is 0.0473 e. The van der Waals surface area contributed by atoms with Crippen LogP contribution >= 0.6 is 0 Å². The van der Waals surface area contributed by atoms with Gasteiger partial charge in [-0.15, -0.1) is 0 Å². The molecule has 0 heterocycles. The number of nitrogen functional groups attached to an aromatic ring is 3. The highest BCUT2D eigenvalue weighted by Crippen LogP contribution is 2.40. The SMILES string of the molecule is Nc1cccc2cc3c(N)c4cc5cc6cc7cc8c(N)c9cc%10cc%11ccccc%11cc%10cc9cc8cc7cc6cc5cc4cc3cc12. The van der Waals surface area contributed by atoms with E-state index in [9.17, 15) is 0 Å². The van der Waals surface area contributed by atoms with Gasteiger partial charge in [0, 0.05) is 44.0 Å². The van der Waals surface area contributed by atoms with Crippen LogP contribution in [0.1, 0.15) is 0 Å². The molecule has 0 bridgehead atoms. The van der Waals surface area contributed by atoms with E-state index in [1.807, 2.05) is 12.1 Å². The largest absolute Gasteiger partial charge is 0.398 e. The number of fused-ring (bicyclic) bond motifs is 10. The Kier molecular flexibility index (Phi) is 5.01.